The molecule has 1 N–H and O–H groups in total. The molecule has 1 atom stereocenters. The molecule has 0 spiro atoms. The molecule has 0 radical (unpaired) electrons. The molecular weight excluding hydrogens is 263 g/mol. The van der Waals surface area contributed by atoms with Gasteiger partial charge in [0.1, 0.15) is 17.6 Å². The number of nitrogens with zero attached hydrogens (tertiary/aromatic N) is 2. The number of carbonyl (C=O) groups is 2. The summed E-state index contributed by atoms with van der Waals surface area (Å²) in [5, 5.41) is 9.41. The Labute approximate surface area is 116 Å². The molecule has 2 heterocycles. The van der Waals surface area contributed by atoms with E-state index >= 15 is 0 Å². The van der Waals surface area contributed by atoms with Gasteiger partial charge in [-0.15, -0.1) is 0 Å². The highest BCUT2D eigenvalue weighted by Crippen LogP contribution is 2.35. The van der Waals surface area contributed by atoms with Crippen LogP contribution in [0.2, 0.25) is 0 Å². The maximum absolute atomic E-state index is 12.8. The molecule has 1 amide bonds. The Kier molecular flexibility index (Phi) is 3.74. The molecule has 0 aliphatic carbocycles. The molecule has 1 unspecified atom stereocenters. The van der Waals surface area contributed by atoms with Gasteiger partial charge in [0.15, 0.2) is 0 Å². The SMILES string of the molecule is CC1(C)CCCN(C(=O)c2ccc(F)cn2)C1C(=O)O. The fraction of sp³-hybridized carbons (Fsp3) is 0.500. The van der Waals surface area contributed by atoms with Gasteiger partial charge in [0, 0.05) is 6.54 Å². The predicted octanol–water partition coefficient (Wildman–Crippen LogP) is 1.94. The second kappa shape index (κ2) is 5.19. The molecule has 1 saturated heterocycles. The maximum atomic E-state index is 12.8. The third kappa shape index (κ3) is 2.64. The molecule has 0 aromatic carbocycles. The molecule has 0 bridgehead atoms. The van der Waals surface area contributed by atoms with Crippen LogP contribution in [-0.2, 0) is 4.79 Å². The van der Waals surface area contributed by atoms with E-state index in [9.17, 15) is 19.1 Å². The highest BCUT2D eigenvalue weighted by atomic mass is 19.1. The van der Waals surface area contributed by atoms with Gasteiger partial charge in [-0.05, 0) is 30.4 Å². The Morgan fingerprint density at radius 1 is 1.45 bits per heavy atom. The number of aromatic nitrogens is 1. The molecule has 20 heavy (non-hydrogen) atoms. The Hall–Kier alpha value is -1.98. The lowest BCUT2D eigenvalue weighted by Crippen LogP contribution is -2.56. The van der Waals surface area contributed by atoms with Crippen LogP contribution in [0, 0.1) is 11.2 Å². The summed E-state index contributed by atoms with van der Waals surface area (Å²) in [6.07, 6.45) is 2.44. The van der Waals surface area contributed by atoms with E-state index in [0.717, 1.165) is 25.1 Å². The van der Waals surface area contributed by atoms with Gasteiger partial charge in [-0.25, -0.2) is 14.2 Å². The molecule has 1 aliphatic heterocycles. The van der Waals surface area contributed by atoms with Crippen LogP contribution in [0.4, 0.5) is 4.39 Å². The van der Waals surface area contributed by atoms with Crippen molar-refractivity contribution in [3.63, 3.8) is 0 Å². The lowest BCUT2D eigenvalue weighted by molar-refractivity contribution is -0.148. The molecular formula is C14H17FN2O3. The van der Waals surface area contributed by atoms with Crippen molar-refractivity contribution < 1.29 is 19.1 Å². The van der Waals surface area contributed by atoms with Crippen molar-refractivity contribution in [3.05, 3.63) is 29.8 Å². The average molecular weight is 280 g/mol. The Morgan fingerprint density at radius 2 is 2.15 bits per heavy atom. The molecule has 2 rings (SSSR count). The van der Waals surface area contributed by atoms with Crippen molar-refractivity contribution in [2.24, 2.45) is 5.41 Å². The Morgan fingerprint density at radius 3 is 2.70 bits per heavy atom. The third-order valence-corrected chi connectivity index (χ3v) is 3.71. The summed E-state index contributed by atoms with van der Waals surface area (Å²) in [4.78, 5) is 28.9. The van der Waals surface area contributed by atoms with Gasteiger partial charge in [-0.1, -0.05) is 13.8 Å². The van der Waals surface area contributed by atoms with E-state index in [1.54, 1.807) is 0 Å². The fourth-order valence-electron chi connectivity index (χ4n) is 2.73. The van der Waals surface area contributed by atoms with Crippen molar-refractivity contribution in [1.82, 2.24) is 9.88 Å². The van der Waals surface area contributed by atoms with Gasteiger partial charge in [-0.2, -0.15) is 0 Å². The van der Waals surface area contributed by atoms with Crippen LogP contribution < -0.4 is 0 Å². The number of carboxylic acids is 1. The predicted molar refractivity (Wildman–Crippen MR) is 69.7 cm³/mol. The standard InChI is InChI=1S/C14H17FN2O3/c1-14(2)6-3-7-17(11(14)13(19)20)12(18)10-5-4-9(15)8-16-10/h4-5,8,11H,3,6-7H2,1-2H3,(H,19,20). The summed E-state index contributed by atoms with van der Waals surface area (Å²) in [5.41, 5.74) is -0.435. The van der Waals surface area contributed by atoms with Crippen molar-refractivity contribution >= 4 is 11.9 Å². The molecule has 1 aliphatic rings. The molecule has 1 aromatic rings. The number of carboxylic acid groups (broad SMARTS) is 1. The number of aliphatic carboxylic acids is 1. The second-order valence-electron chi connectivity index (χ2n) is 5.69. The maximum Gasteiger partial charge on any atom is 0.326 e. The van der Waals surface area contributed by atoms with E-state index in [1.165, 1.54) is 11.0 Å². The molecule has 1 fully saturated rings. The van der Waals surface area contributed by atoms with Crippen LogP contribution in [-0.4, -0.2) is 39.5 Å². The molecule has 6 heteroatoms. The molecule has 5 nitrogen and oxygen atoms in total. The van der Waals surface area contributed by atoms with E-state index in [-0.39, 0.29) is 5.69 Å². The number of amides is 1. The smallest absolute Gasteiger partial charge is 0.326 e. The first-order valence-electron chi connectivity index (χ1n) is 6.48. The van der Waals surface area contributed by atoms with Crippen LogP contribution in [0.15, 0.2) is 18.3 Å². The zero-order valence-corrected chi connectivity index (χ0v) is 11.5. The van der Waals surface area contributed by atoms with Gasteiger partial charge >= 0.3 is 5.97 Å². The van der Waals surface area contributed by atoms with E-state index in [2.05, 4.69) is 4.98 Å². The summed E-state index contributed by atoms with van der Waals surface area (Å²) in [5.74, 6) is -2.02. The van der Waals surface area contributed by atoms with Gasteiger partial charge < -0.3 is 10.0 Å². The molecule has 108 valence electrons. The average Bonchev–Trinajstić information content (AvgIpc) is 2.36. The number of likely N-dealkylation sites (tertiary alicyclic amines) is 1. The van der Waals surface area contributed by atoms with Gasteiger partial charge in [0.2, 0.25) is 0 Å². The zero-order valence-electron chi connectivity index (χ0n) is 11.5. The highest BCUT2D eigenvalue weighted by molar-refractivity contribution is 5.95. The van der Waals surface area contributed by atoms with Crippen molar-refractivity contribution in [2.45, 2.75) is 32.7 Å². The first kappa shape index (κ1) is 14.4. The number of pyridine rings is 1. The number of carbonyl (C=O) groups excluding carboxylic acids is 1. The summed E-state index contributed by atoms with van der Waals surface area (Å²) in [7, 11) is 0. The summed E-state index contributed by atoms with van der Waals surface area (Å²) in [6.45, 7) is 4.05. The summed E-state index contributed by atoms with van der Waals surface area (Å²) in [6, 6.07) is 1.53. The van der Waals surface area contributed by atoms with Crippen molar-refractivity contribution in [3.8, 4) is 0 Å². The van der Waals surface area contributed by atoms with E-state index in [4.69, 9.17) is 0 Å². The summed E-state index contributed by atoms with van der Waals surface area (Å²) < 4.78 is 12.8. The highest BCUT2D eigenvalue weighted by Gasteiger charge is 2.44. The van der Waals surface area contributed by atoms with Crippen LogP contribution in [0.25, 0.3) is 0 Å². The van der Waals surface area contributed by atoms with Gasteiger partial charge in [0.25, 0.3) is 5.91 Å². The van der Waals surface area contributed by atoms with Crippen LogP contribution in [0.1, 0.15) is 37.2 Å². The molecule has 0 saturated carbocycles. The van der Waals surface area contributed by atoms with Crippen molar-refractivity contribution in [1.29, 1.82) is 0 Å². The minimum absolute atomic E-state index is 0.0651. The monoisotopic (exact) mass is 280 g/mol. The first-order valence-corrected chi connectivity index (χ1v) is 6.48. The van der Waals surface area contributed by atoms with Crippen LogP contribution in [0.3, 0.4) is 0 Å². The Balaban J connectivity index is 2.31. The zero-order chi connectivity index (χ0) is 14.9. The number of hydrogen-bond acceptors (Lipinski definition) is 3. The quantitative estimate of drug-likeness (QED) is 0.898. The lowest BCUT2D eigenvalue weighted by Gasteiger charge is -2.43. The van der Waals surface area contributed by atoms with Gasteiger partial charge in [-0.3, -0.25) is 4.79 Å². The Bertz CT molecular complexity index is 528. The summed E-state index contributed by atoms with van der Waals surface area (Å²) >= 11 is 0. The third-order valence-electron chi connectivity index (χ3n) is 3.71. The fourth-order valence-corrected chi connectivity index (χ4v) is 2.73. The van der Waals surface area contributed by atoms with Crippen LogP contribution in [0.5, 0.6) is 0 Å². The lowest BCUT2D eigenvalue weighted by atomic mass is 9.76. The van der Waals surface area contributed by atoms with Crippen molar-refractivity contribution in [2.75, 3.05) is 6.54 Å². The first-order chi connectivity index (χ1) is 9.33. The molecule has 1 aromatic heterocycles. The minimum Gasteiger partial charge on any atom is -0.480 e. The van der Waals surface area contributed by atoms with Gasteiger partial charge in [0.05, 0.1) is 6.20 Å². The number of rotatable bonds is 2. The van der Waals surface area contributed by atoms with Crippen LogP contribution >= 0.6 is 0 Å². The number of piperidine rings is 1. The van der Waals surface area contributed by atoms with E-state index in [0.29, 0.717) is 6.54 Å². The van der Waals surface area contributed by atoms with E-state index < -0.39 is 29.2 Å². The number of halogens is 1. The second-order valence-corrected chi connectivity index (χ2v) is 5.69. The van der Waals surface area contributed by atoms with E-state index in [1.807, 2.05) is 13.8 Å². The normalized spacial score (nSPS) is 21.6. The minimum atomic E-state index is -1.02. The largest absolute Gasteiger partial charge is 0.480 e. The topological polar surface area (TPSA) is 70.5 Å². The number of hydrogen-bond donors (Lipinski definition) is 1.